The third-order valence-electron chi connectivity index (χ3n) is 5.05. The number of hydrogen-bond acceptors (Lipinski definition) is 5. The van der Waals surface area contributed by atoms with Crippen LogP contribution in [0.4, 0.5) is 11.5 Å². The van der Waals surface area contributed by atoms with Gasteiger partial charge in [-0.2, -0.15) is 0 Å². The van der Waals surface area contributed by atoms with Crippen molar-refractivity contribution in [2.45, 2.75) is 13.8 Å². The Balaban J connectivity index is 1.73. The molecule has 0 radical (unpaired) electrons. The monoisotopic (exact) mass is 375 g/mol. The average molecular weight is 375 g/mol. The molecule has 0 unspecified atom stereocenters. The largest absolute Gasteiger partial charge is 0.352 e. The van der Waals surface area contributed by atoms with E-state index in [1.165, 1.54) is 0 Å². The molecule has 0 saturated carbocycles. The summed E-state index contributed by atoms with van der Waals surface area (Å²) in [4.78, 5) is 27.1. The summed E-state index contributed by atoms with van der Waals surface area (Å²) in [7, 11) is 2.11. The maximum atomic E-state index is 13.2. The molecule has 1 saturated heterocycles. The molecule has 1 amide bonds. The first-order chi connectivity index (χ1) is 13.5. The van der Waals surface area contributed by atoms with E-state index in [1.54, 1.807) is 0 Å². The molecule has 1 fully saturated rings. The van der Waals surface area contributed by atoms with Gasteiger partial charge in [0, 0.05) is 31.9 Å². The third-order valence-corrected chi connectivity index (χ3v) is 5.05. The van der Waals surface area contributed by atoms with E-state index in [0.717, 1.165) is 54.0 Å². The normalized spacial score (nSPS) is 15.0. The van der Waals surface area contributed by atoms with Gasteiger partial charge in [-0.05, 0) is 56.3 Å². The van der Waals surface area contributed by atoms with Gasteiger partial charge in [-0.1, -0.05) is 18.2 Å². The van der Waals surface area contributed by atoms with E-state index in [2.05, 4.69) is 33.2 Å². The van der Waals surface area contributed by atoms with Crippen molar-refractivity contribution in [1.29, 1.82) is 0 Å². The molecule has 2 heterocycles. The maximum Gasteiger partial charge on any atom is 0.278 e. The predicted octanol–water partition coefficient (Wildman–Crippen LogP) is 3.25. The average Bonchev–Trinajstić information content (AvgIpc) is 2.67. The summed E-state index contributed by atoms with van der Waals surface area (Å²) in [5.41, 5.74) is 4.91. The van der Waals surface area contributed by atoms with Crippen molar-refractivity contribution in [3.8, 4) is 0 Å². The van der Waals surface area contributed by atoms with Gasteiger partial charge in [0.15, 0.2) is 11.5 Å². The molecular formula is C22H25N5O. The number of benzene rings is 2. The number of nitrogens with zero attached hydrogens (tertiary/aromatic N) is 4. The van der Waals surface area contributed by atoms with Gasteiger partial charge < -0.3 is 15.1 Å². The van der Waals surface area contributed by atoms with E-state index >= 15 is 0 Å². The summed E-state index contributed by atoms with van der Waals surface area (Å²) in [5.74, 6) is 0.436. The van der Waals surface area contributed by atoms with Crippen LogP contribution in [0.3, 0.4) is 0 Å². The van der Waals surface area contributed by atoms with Crippen LogP contribution >= 0.6 is 0 Å². The van der Waals surface area contributed by atoms with Crippen LogP contribution in [0, 0.1) is 13.8 Å². The minimum atomic E-state index is -0.225. The number of nitrogens with one attached hydrogen (secondary N) is 1. The van der Waals surface area contributed by atoms with Gasteiger partial charge in [0.1, 0.15) is 0 Å². The quantitative estimate of drug-likeness (QED) is 0.761. The Morgan fingerprint density at radius 1 is 0.929 bits per heavy atom. The third kappa shape index (κ3) is 3.82. The lowest BCUT2D eigenvalue weighted by molar-refractivity contribution is 0.102. The van der Waals surface area contributed by atoms with E-state index in [0.29, 0.717) is 11.5 Å². The zero-order valence-electron chi connectivity index (χ0n) is 16.6. The number of hydrogen-bond donors (Lipinski definition) is 1. The topological polar surface area (TPSA) is 61.4 Å². The summed E-state index contributed by atoms with van der Waals surface area (Å²) in [6.07, 6.45) is 0. The second kappa shape index (κ2) is 7.56. The molecule has 3 aromatic rings. The zero-order chi connectivity index (χ0) is 19.7. The highest BCUT2D eigenvalue weighted by Gasteiger charge is 2.24. The fraction of sp³-hybridized carbons (Fsp3) is 0.318. The molecule has 28 heavy (non-hydrogen) atoms. The molecule has 6 nitrogen and oxygen atoms in total. The van der Waals surface area contributed by atoms with Gasteiger partial charge in [0.05, 0.1) is 11.0 Å². The number of anilines is 2. The van der Waals surface area contributed by atoms with Crippen LogP contribution in [0.2, 0.25) is 0 Å². The molecule has 4 rings (SSSR count). The number of aromatic nitrogens is 2. The minimum Gasteiger partial charge on any atom is -0.352 e. The van der Waals surface area contributed by atoms with Crippen molar-refractivity contribution in [1.82, 2.24) is 14.9 Å². The summed E-state index contributed by atoms with van der Waals surface area (Å²) >= 11 is 0. The Bertz CT molecular complexity index is 1000. The van der Waals surface area contributed by atoms with Gasteiger partial charge in [0.2, 0.25) is 0 Å². The van der Waals surface area contributed by atoms with Gasteiger partial charge in [-0.15, -0.1) is 0 Å². The van der Waals surface area contributed by atoms with Gasteiger partial charge >= 0.3 is 0 Å². The molecule has 1 aromatic heterocycles. The number of rotatable bonds is 3. The molecule has 0 spiro atoms. The number of amides is 1. The smallest absolute Gasteiger partial charge is 0.278 e. The van der Waals surface area contributed by atoms with Crippen LogP contribution in [-0.4, -0.2) is 54.0 Å². The Labute approximate surface area is 165 Å². The zero-order valence-corrected chi connectivity index (χ0v) is 16.6. The SMILES string of the molecule is Cc1cc(C)cc(NC(=O)c2nc3ccccc3nc2N2CCN(C)CC2)c1. The molecule has 6 heteroatoms. The van der Waals surface area contributed by atoms with Crippen molar-refractivity contribution in [3.05, 3.63) is 59.3 Å². The summed E-state index contributed by atoms with van der Waals surface area (Å²) < 4.78 is 0. The van der Waals surface area contributed by atoms with Gasteiger partial charge in [-0.3, -0.25) is 4.79 Å². The second-order valence-corrected chi connectivity index (χ2v) is 7.51. The standard InChI is InChI=1S/C22H25N5O/c1-15-12-16(2)14-17(13-15)23-22(28)20-21(27-10-8-26(3)9-11-27)25-19-7-5-4-6-18(19)24-20/h4-7,12-14H,8-11H2,1-3H3,(H,23,28). The number of fused-ring (bicyclic) bond motifs is 1. The van der Waals surface area contributed by atoms with E-state index in [1.807, 2.05) is 50.2 Å². The Hall–Kier alpha value is -2.99. The molecule has 1 N–H and O–H groups in total. The first-order valence-electron chi connectivity index (χ1n) is 9.59. The summed E-state index contributed by atoms with van der Waals surface area (Å²) in [5, 5.41) is 3.01. The number of carbonyl (C=O) groups excluding carboxylic acids is 1. The number of aryl methyl sites for hydroxylation is 2. The number of likely N-dealkylation sites (N-methyl/N-ethyl adjacent to an activating group) is 1. The Morgan fingerprint density at radius 3 is 2.18 bits per heavy atom. The van der Waals surface area contributed by atoms with Crippen LogP contribution in [-0.2, 0) is 0 Å². The minimum absolute atomic E-state index is 0.225. The highest BCUT2D eigenvalue weighted by molar-refractivity contribution is 6.07. The fourth-order valence-electron chi connectivity index (χ4n) is 3.62. The Morgan fingerprint density at radius 2 is 1.54 bits per heavy atom. The predicted molar refractivity (Wildman–Crippen MR) is 113 cm³/mol. The first kappa shape index (κ1) is 18.4. The Kier molecular flexibility index (Phi) is 4.96. The number of carbonyl (C=O) groups is 1. The van der Waals surface area contributed by atoms with Crippen LogP contribution < -0.4 is 10.2 Å². The highest BCUT2D eigenvalue weighted by atomic mass is 16.1. The summed E-state index contributed by atoms with van der Waals surface area (Å²) in [6, 6.07) is 13.7. The van der Waals surface area contributed by atoms with Crippen molar-refractivity contribution in [2.24, 2.45) is 0 Å². The first-order valence-corrected chi connectivity index (χ1v) is 9.59. The van der Waals surface area contributed by atoms with Crippen molar-refractivity contribution < 1.29 is 4.79 Å². The molecule has 0 atom stereocenters. The molecule has 0 bridgehead atoms. The number of piperazine rings is 1. The van der Waals surface area contributed by atoms with Crippen LogP contribution in [0.1, 0.15) is 21.6 Å². The lowest BCUT2D eigenvalue weighted by atomic mass is 10.1. The molecule has 0 aliphatic carbocycles. The van der Waals surface area contributed by atoms with Crippen molar-refractivity contribution in [3.63, 3.8) is 0 Å². The van der Waals surface area contributed by atoms with E-state index < -0.39 is 0 Å². The van der Waals surface area contributed by atoms with Gasteiger partial charge in [0.25, 0.3) is 5.91 Å². The van der Waals surface area contributed by atoms with E-state index in [9.17, 15) is 4.79 Å². The maximum absolute atomic E-state index is 13.2. The van der Waals surface area contributed by atoms with Crippen LogP contribution in [0.5, 0.6) is 0 Å². The lowest BCUT2D eigenvalue weighted by Gasteiger charge is -2.33. The van der Waals surface area contributed by atoms with Gasteiger partial charge in [-0.25, -0.2) is 9.97 Å². The fourth-order valence-corrected chi connectivity index (χ4v) is 3.62. The second-order valence-electron chi connectivity index (χ2n) is 7.51. The van der Waals surface area contributed by atoms with Crippen molar-refractivity contribution in [2.75, 3.05) is 43.4 Å². The van der Waals surface area contributed by atoms with Crippen LogP contribution in [0.25, 0.3) is 11.0 Å². The van der Waals surface area contributed by atoms with Crippen molar-refractivity contribution >= 4 is 28.4 Å². The van der Waals surface area contributed by atoms with E-state index in [4.69, 9.17) is 4.98 Å². The highest BCUT2D eigenvalue weighted by Crippen LogP contribution is 2.23. The molecule has 1 aliphatic heterocycles. The van der Waals surface area contributed by atoms with Crippen LogP contribution in [0.15, 0.2) is 42.5 Å². The molecular weight excluding hydrogens is 350 g/mol. The molecule has 1 aliphatic rings. The summed E-state index contributed by atoms with van der Waals surface area (Å²) in [6.45, 7) is 7.57. The molecule has 144 valence electrons. The van der Waals surface area contributed by atoms with E-state index in [-0.39, 0.29) is 5.91 Å². The number of para-hydroxylation sites is 2. The molecule has 2 aromatic carbocycles. The lowest BCUT2D eigenvalue weighted by Crippen LogP contribution is -2.45.